The first-order chi connectivity index (χ1) is 9.78. The summed E-state index contributed by atoms with van der Waals surface area (Å²) in [6.45, 7) is 0. The fourth-order valence-corrected chi connectivity index (χ4v) is 2.42. The Morgan fingerprint density at radius 2 is 1.95 bits per heavy atom. The molecule has 20 heavy (non-hydrogen) atoms. The van der Waals surface area contributed by atoms with E-state index in [0.717, 1.165) is 5.69 Å². The SMILES string of the molecule is COc1ccccc1NC(=O)[C@@H]1Cc2ccccc2N1. The summed E-state index contributed by atoms with van der Waals surface area (Å²) >= 11 is 0. The number of ether oxygens (including phenoxy) is 1. The van der Waals surface area contributed by atoms with E-state index < -0.39 is 0 Å². The van der Waals surface area contributed by atoms with E-state index in [0.29, 0.717) is 17.9 Å². The van der Waals surface area contributed by atoms with Gasteiger partial charge < -0.3 is 15.4 Å². The minimum Gasteiger partial charge on any atom is -0.495 e. The van der Waals surface area contributed by atoms with Gasteiger partial charge in [-0.15, -0.1) is 0 Å². The number of benzene rings is 2. The van der Waals surface area contributed by atoms with Crippen LogP contribution in [0, 0.1) is 0 Å². The van der Waals surface area contributed by atoms with E-state index in [-0.39, 0.29) is 11.9 Å². The number of anilines is 2. The molecule has 0 spiro atoms. The van der Waals surface area contributed by atoms with Gasteiger partial charge in [0.15, 0.2) is 0 Å². The van der Waals surface area contributed by atoms with E-state index in [4.69, 9.17) is 4.74 Å². The Hall–Kier alpha value is -2.49. The van der Waals surface area contributed by atoms with Crippen LogP contribution in [0.15, 0.2) is 48.5 Å². The predicted octanol–water partition coefficient (Wildman–Crippen LogP) is 2.67. The maximum Gasteiger partial charge on any atom is 0.247 e. The van der Waals surface area contributed by atoms with Crippen molar-refractivity contribution in [3.63, 3.8) is 0 Å². The summed E-state index contributed by atoms with van der Waals surface area (Å²) in [6, 6.07) is 15.1. The fraction of sp³-hybridized carbons (Fsp3) is 0.188. The lowest BCUT2D eigenvalue weighted by molar-refractivity contribution is -0.116. The lowest BCUT2D eigenvalue weighted by Gasteiger charge is -2.14. The highest BCUT2D eigenvalue weighted by Gasteiger charge is 2.26. The first kappa shape index (κ1) is 12.5. The number of rotatable bonds is 3. The third kappa shape index (κ3) is 2.32. The van der Waals surface area contributed by atoms with Crippen LogP contribution in [0.2, 0.25) is 0 Å². The average Bonchev–Trinajstić information content (AvgIpc) is 2.92. The third-order valence-electron chi connectivity index (χ3n) is 3.45. The second-order valence-electron chi connectivity index (χ2n) is 4.75. The van der Waals surface area contributed by atoms with Gasteiger partial charge in [-0.2, -0.15) is 0 Å². The van der Waals surface area contributed by atoms with E-state index in [9.17, 15) is 4.79 Å². The molecule has 3 rings (SSSR count). The van der Waals surface area contributed by atoms with Gasteiger partial charge in [0.2, 0.25) is 5.91 Å². The molecule has 4 heteroatoms. The van der Waals surface area contributed by atoms with Crippen molar-refractivity contribution in [3.05, 3.63) is 54.1 Å². The predicted molar refractivity (Wildman–Crippen MR) is 79.2 cm³/mol. The zero-order valence-corrected chi connectivity index (χ0v) is 11.2. The van der Waals surface area contributed by atoms with E-state index in [1.54, 1.807) is 7.11 Å². The number of carbonyl (C=O) groups is 1. The zero-order chi connectivity index (χ0) is 13.9. The molecule has 2 N–H and O–H groups in total. The summed E-state index contributed by atoms with van der Waals surface area (Å²) in [7, 11) is 1.59. The van der Waals surface area contributed by atoms with Gasteiger partial charge in [-0.05, 0) is 23.8 Å². The van der Waals surface area contributed by atoms with Crippen LogP contribution >= 0.6 is 0 Å². The van der Waals surface area contributed by atoms with E-state index in [1.807, 2.05) is 48.5 Å². The quantitative estimate of drug-likeness (QED) is 0.899. The molecule has 0 aromatic heterocycles. The zero-order valence-electron chi connectivity index (χ0n) is 11.2. The summed E-state index contributed by atoms with van der Waals surface area (Å²) in [4.78, 5) is 12.3. The number of para-hydroxylation sites is 3. The molecule has 0 aliphatic carbocycles. The molecule has 1 aliphatic rings. The van der Waals surface area contributed by atoms with Crippen molar-refractivity contribution >= 4 is 17.3 Å². The minimum atomic E-state index is -0.239. The topological polar surface area (TPSA) is 50.4 Å². The molecule has 0 saturated heterocycles. The standard InChI is InChI=1S/C16H16N2O2/c1-20-15-9-5-4-8-13(15)18-16(19)14-10-11-6-2-3-7-12(11)17-14/h2-9,14,17H,10H2,1H3,(H,18,19)/t14-/m0/s1. The van der Waals surface area contributed by atoms with Gasteiger partial charge >= 0.3 is 0 Å². The van der Waals surface area contributed by atoms with E-state index in [1.165, 1.54) is 5.56 Å². The molecule has 0 radical (unpaired) electrons. The molecule has 0 unspecified atom stereocenters. The Morgan fingerprint density at radius 1 is 1.20 bits per heavy atom. The summed E-state index contributed by atoms with van der Waals surface area (Å²) in [5, 5.41) is 6.15. The Morgan fingerprint density at radius 3 is 2.75 bits per heavy atom. The largest absolute Gasteiger partial charge is 0.495 e. The number of carbonyl (C=O) groups excluding carboxylic acids is 1. The van der Waals surface area contributed by atoms with E-state index in [2.05, 4.69) is 10.6 Å². The second-order valence-corrected chi connectivity index (χ2v) is 4.75. The molecule has 1 aliphatic heterocycles. The van der Waals surface area contributed by atoms with Gasteiger partial charge in [0, 0.05) is 12.1 Å². The monoisotopic (exact) mass is 268 g/mol. The number of methoxy groups -OCH3 is 1. The fourth-order valence-electron chi connectivity index (χ4n) is 2.42. The van der Waals surface area contributed by atoms with Crippen LogP contribution in [0.25, 0.3) is 0 Å². The highest BCUT2D eigenvalue weighted by molar-refractivity contribution is 5.99. The molecule has 1 heterocycles. The molecule has 0 bridgehead atoms. The van der Waals surface area contributed by atoms with Gasteiger partial charge in [-0.3, -0.25) is 4.79 Å². The van der Waals surface area contributed by atoms with Gasteiger partial charge in [0.25, 0.3) is 0 Å². The Kier molecular flexibility index (Phi) is 3.29. The van der Waals surface area contributed by atoms with Gasteiger partial charge in [0.05, 0.1) is 12.8 Å². The maximum absolute atomic E-state index is 12.3. The average molecular weight is 268 g/mol. The molecule has 4 nitrogen and oxygen atoms in total. The Labute approximate surface area is 117 Å². The molecular weight excluding hydrogens is 252 g/mol. The van der Waals surface area contributed by atoms with Gasteiger partial charge in [-0.25, -0.2) is 0 Å². The summed E-state index contributed by atoms with van der Waals surface area (Å²) in [5.74, 6) is 0.613. The van der Waals surface area contributed by atoms with E-state index >= 15 is 0 Å². The number of nitrogens with one attached hydrogen (secondary N) is 2. The highest BCUT2D eigenvalue weighted by atomic mass is 16.5. The lowest BCUT2D eigenvalue weighted by atomic mass is 10.1. The molecule has 1 atom stereocenters. The molecule has 2 aromatic carbocycles. The first-order valence-electron chi connectivity index (χ1n) is 6.56. The molecular formula is C16H16N2O2. The van der Waals surface area contributed by atoms with Crippen molar-refractivity contribution in [2.75, 3.05) is 17.7 Å². The number of fused-ring (bicyclic) bond motifs is 1. The molecule has 2 aromatic rings. The van der Waals surface area contributed by atoms with Crippen molar-refractivity contribution in [2.45, 2.75) is 12.5 Å². The third-order valence-corrected chi connectivity index (χ3v) is 3.45. The molecule has 0 saturated carbocycles. The molecule has 102 valence electrons. The summed E-state index contributed by atoms with van der Waals surface area (Å²) in [5.41, 5.74) is 2.90. The van der Waals surface area contributed by atoms with Crippen LogP contribution in [0.3, 0.4) is 0 Å². The van der Waals surface area contributed by atoms with Crippen LogP contribution in [0.5, 0.6) is 5.75 Å². The van der Waals surface area contributed by atoms with Crippen LogP contribution in [-0.4, -0.2) is 19.1 Å². The normalized spacial score (nSPS) is 16.1. The number of hydrogen-bond donors (Lipinski definition) is 2. The van der Waals surface area contributed by atoms with Gasteiger partial charge in [0.1, 0.15) is 11.8 Å². The van der Waals surface area contributed by atoms with Crippen LogP contribution in [-0.2, 0) is 11.2 Å². The van der Waals surface area contributed by atoms with Crippen molar-refractivity contribution in [1.82, 2.24) is 0 Å². The highest BCUT2D eigenvalue weighted by Crippen LogP contribution is 2.27. The Balaban J connectivity index is 1.72. The number of hydrogen-bond acceptors (Lipinski definition) is 3. The van der Waals surface area contributed by atoms with Gasteiger partial charge in [-0.1, -0.05) is 30.3 Å². The van der Waals surface area contributed by atoms with Crippen molar-refractivity contribution in [2.24, 2.45) is 0 Å². The van der Waals surface area contributed by atoms with Crippen molar-refractivity contribution in [1.29, 1.82) is 0 Å². The van der Waals surface area contributed by atoms with Crippen molar-refractivity contribution in [3.8, 4) is 5.75 Å². The molecule has 1 amide bonds. The second kappa shape index (κ2) is 5.25. The Bertz CT molecular complexity index is 615. The van der Waals surface area contributed by atoms with Crippen LogP contribution < -0.4 is 15.4 Å². The van der Waals surface area contributed by atoms with Crippen LogP contribution in [0.4, 0.5) is 11.4 Å². The minimum absolute atomic E-state index is 0.0503. The first-order valence-corrected chi connectivity index (χ1v) is 6.56. The maximum atomic E-state index is 12.3. The van der Waals surface area contributed by atoms with Crippen molar-refractivity contribution < 1.29 is 9.53 Å². The number of amides is 1. The molecule has 0 fully saturated rings. The smallest absolute Gasteiger partial charge is 0.247 e. The lowest BCUT2D eigenvalue weighted by Crippen LogP contribution is -2.32. The summed E-state index contributed by atoms with van der Waals surface area (Å²) < 4.78 is 5.24. The summed E-state index contributed by atoms with van der Waals surface area (Å²) in [6.07, 6.45) is 0.706. The van der Waals surface area contributed by atoms with Crippen LogP contribution in [0.1, 0.15) is 5.56 Å².